The minimum atomic E-state index is -1.81. The highest BCUT2D eigenvalue weighted by atomic mass is 16.7. The van der Waals surface area contributed by atoms with E-state index < -0.39 is 42.6 Å². The molecule has 1 fully saturated rings. The predicted molar refractivity (Wildman–Crippen MR) is 130 cm³/mol. The van der Waals surface area contributed by atoms with Crippen molar-refractivity contribution in [3.8, 4) is 28.0 Å². The molecule has 3 aromatic carbocycles. The van der Waals surface area contributed by atoms with Gasteiger partial charge in [0.1, 0.15) is 24.1 Å². The number of amides is 1. The number of nitrogens with two attached hydrogens (primary N) is 1. The standard InChI is InChI=1S/C27H27NO8/c28-21(29)12-10-18-13-16(15-5-2-1-3-6-15)9-11-20(18)17-7-4-8-19(14-17)35-27-24(32)22(30)23(31)25(36-27)26(33)34/h1-9,11,13-14,22-25,27,30-32H,10,12H2,(H2,28,29)(H,33,34)/t22-,23?,24?,25-,27+/m0/s1. The number of rotatable bonds is 8. The third-order valence-electron chi connectivity index (χ3n) is 6.06. The van der Waals surface area contributed by atoms with E-state index in [9.17, 15) is 30.0 Å². The van der Waals surface area contributed by atoms with Crippen LogP contribution in [0.15, 0.2) is 72.8 Å². The molecule has 1 saturated heterocycles. The van der Waals surface area contributed by atoms with Gasteiger partial charge in [-0.05, 0) is 46.4 Å². The van der Waals surface area contributed by atoms with Gasteiger partial charge in [0, 0.05) is 6.42 Å². The number of carboxylic acids is 1. The van der Waals surface area contributed by atoms with Gasteiger partial charge in [0.25, 0.3) is 0 Å². The highest BCUT2D eigenvalue weighted by Gasteiger charge is 2.48. The lowest BCUT2D eigenvalue weighted by atomic mass is 9.92. The average molecular weight is 494 g/mol. The molecule has 0 saturated carbocycles. The number of carbonyl (C=O) groups excluding carboxylic acids is 1. The summed E-state index contributed by atoms with van der Waals surface area (Å²) in [7, 11) is 0. The van der Waals surface area contributed by atoms with Crippen molar-refractivity contribution in [3.05, 3.63) is 78.4 Å². The fourth-order valence-electron chi connectivity index (χ4n) is 4.17. The molecule has 0 bridgehead atoms. The van der Waals surface area contributed by atoms with Gasteiger partial charge in [-0.15, -0.1) is 0 Å². The van der Waals surface area contributed by atoms with Gasteiger partial charge >= 0.3 is 5.97 Å². The summed E-state index contributed by atoms with van der Waals surface area (Å²) in [5.41, 5.74) is 9.88. The summed E-state index contributed by atoms with van der Waals surface area (Å²) in [6.45, 7) is 0. The van der Waals surface area contributed by atoms with Crippen LogP contribution in [0.2, 0.25) is 0 Å². The normalized spacial score (nSPS) is 23.7. The van der Waals surface area contributed by atoms with Crippen molar-refractivity contribution in [3.63, 3.8) is 0 Å². The van der Waals surface area contributed by atoms with Crippen LogP contribution in [-0.2, 0) is 20.7 Å². The zero-order chi connectivity index (χ0) is 25.8. The minimum absolute atomic E-state index is 0.167. The highest BCUT2D eigenvalue weighted by Crippen LogP contribution is 2.33. The first kappa shape index (κ1) is 25.3. The van der Waals surface area contributed by atoms with Crippen LogP contribution in [0.25, 0.3) is 22.3 Å². The van der Waals surface area contributed by atoms with Crippen LogP contribution in [0, 0.1) is 0 Å². The lowest BCUT2D eigenvalue weighted by Crippen LogP contribution is -2.61. The van der Waals surface area contributed by atoms with E-state index in [0.717, 1.165) is 27.8 Å². The Bertz CT molecular complexity index is 1230. The fourth-order valence-corrected chi connectivity index (χ4v) is 4.17. The Balaban J connectivity index is 1.64. The number of carbonyl (C=O) groups is 2. The van der Waals surface area contributed by atoms with Gasteiger partial charge in [-0.3, -0.25) is 4.79 Å². The molecule has 5 atom stereocenters. The molecule has 0 aliphatic carbocycles. The second kappa shape index (κ2) is 10.9. The lowest BCUT2D eigenvalue weighted by Gasteiger charge is -2.38. The second-order valence-electron chi connectivity index (χ2n) is 8.59. The number of aryl methyl sites for hydroxylation is 1. The summed E-state index contributed by atoms with van der Waals surface area (Å²) in [5.74, 6) is -1.66. The third kappa shape index (κ3) is 5.55. The van der Waals surface area contributed by atoms with Gasteiger partial charge in [-0.1, -0.05) is 60.7 Å². The van der Waals surface area contributed by atoms with Crippen LogP contribution >= 0.6 is 0 Å². The molecule has 188 valence electrons. The number of ether oxygens (including phenoxy) is 2. The number of hydrogen-bond donors (Lipinski definition) is 5. The number of aliphatic hydroxyl groups excluding tert-OH is 3. The van der Waals surface area contributed by atoms with Gasteiger partial charge in [0.05, 0.1) is 0 Å². The summed E-state index contributed by atoms with van der Waals surface area (Å²) in [6, 6.07) is 22.5. The molecule has 9 nitrogen and oxygen atoms in total. The van der Waals surface area contributed by atoms with Gasteiger partial charge in [-0.25, -0.2) is 4.79 Å². The predicted octanol–water partition coefficient (Wildman–Crippen LogP) is 1.71. The van der Waals surface area contributed by atoms with Crippen molar-refractivity contribution >= 4 is 11.9 Å². The van der Waals surface area contributed by atoms with Crippen molar-refractivity contribution < 1.29 is 39.5 Å². The summed E-state index contributed by atoms with van der Waals surface area (Å²) < 4.78 is 10.9. The Hall–Kier alpha value is -3.76. The van der Waals surface area contributed by atoms with Crippen LogP contribution in [0.3, 0.4) is 0 Å². The molecular weight excluding hydrogens is 466 g/mol. The van der Waals surface area contributed by atoms with E-state index in [1.165, 1.54) is 0 Å². The lowest BCUT2D eigenvalue weighted by molar-refractivity contribution is -0.271. The number of primary amides is 1. The number of benzene rings is 3. The van der Waals surface area contributed by atoms with Crippen LogP contribution in [-0.4, -0.2) is 63.0 Å². The molecule has 1 aliphatic rings. The molecule has 0 radical (unpaired) electrons. The number of aliphatic carboxylic acids is 1. The number of hydrogen-bond acceptors (Lipinski definition) is 7. The van der Waals surface area contributed by atoms with Crippen molar-refractivity contribution in [1.29, 1.82) is 0 Å². The summed E-state index contributed by atoms with van der Waals surface area (Å²) >= 11 is 0. The first-order valence-corrected chi connectivity index (χ1v) is 11.4. The molecular formula is C27H27NO8. The summed E-state index contributed by atoms with van der Waals surface area (Å²) in [6.07, 6.45) is -7.93. The van der Waals surface area contributed by atoms with E-state index in [1.54, 1.807) is 18.2 Å². The van der Waals surface area contributed by atoms with E-state index >= 15 is 0 Å². The first-order chi connectivity index (χ1) is 17.2. The zero-order valence-corrected chi connectivity index (χ0v) is 19.2. The smallest absolute Gasteiger partial charge is 0.335 e. The first-order valence-electron chi connectivity index (χ1n) is 11.4. The minimum Gasteiger partial charge on any atom is -0.479 e. The van der Waals surface area contributed by atoms with E-state index in [2.05, 4.69) is 0 Å². The Morgan fingerprint density at radius 3 is 2.25 bits per heavy atom. The van der Waals surface area contributed by atoms with E-state index in [1.807, 2.05) is 54.6 Å². The van der Waals surface area contributed by atoms with E-state index in [4.69, 9.17) is 15.2 Å². The molecule has 2 unspecified atom stereocenters. The quantitative estimate of drug-likeness (QED) is 0.317. The van der Waals surface area contributed by atoms with Gasteiger partial charge < -0.3 is 35.6 Å². The van der Waals surface area contributed by atoms with Crippen molar-refractivity contribution in [2.45, 2.75) is 43.5 Å². The Morgan fingerprint density at radius 1 is 0.833 bits per heavy atom. The SMILES string of the molecule is NC(=O)CCc1cc(-c2ccccc2)ccc1-c1cccc(O[C@@H]2O[C@H](C(=O)O)C(O)[C@H](O)C2O)c1. The van der Waals surface area contributed by atoms with E-state index in [-0.39, 0.29) is 12.2 Å². The average Bonchev–Trinajstić information content (AvgIpc) is 2.88. The largest absolute Gasteiger partial charge is 0.479 e. The molecule has 1 heterocycles. The zero-order valence-electron chi connectivity index (χ0n) is 19.2. The molecule has 6 N–H and O–H groups in total. The Kier molecular flexibility index (Phi) is 7.66. The monoisotopic (exact) mass is 493 g/mol. The number of aliphatic hydroxyl groups is 3. The van der Waals surface area contributed by atoms with Crippen LogP contribution < -0.4 is 10.5 Å². The molecule has 3 aromatic rings. The molecule has 4 rings (SSSR count). The molecule has 1 aliphatic heterocycles. The third-order valence-corrected chi connectivity index (χ3v) is 6.06. The maximum atomic E-state index is 11.5. The van der Waals surface area contributed by atoms with Gasteiger partial charge in [-0.2, -0.15) is 0 Å². The molecule has 0 aromatic heterocycles. The van der Waals surface area contributed by atoms with Crippen molar-refractivity contribution in [2.24, 2.45) is 5.73 Å². The molecule has 0 spiro atoms. The summed E-state index contributed by atoms with van der Waals surface area (Å²) in [4.78, 5) is 22.9. The van der Waals surface area contributed by atoms with E-state index in [0.29, 0.717) is 6.42 Å². The fraction of sp³-hybridized carbons (Fsp3) is 0.259. The summed E-state index contributed by atoms with van der Waals surface area (Å²) in [5, 5.41) is 39.4. The maximum Gasteiger partial charge on any atom is 0.335 e. The molecule has 36 heavy (non-hydrogen) atoms. The number of carboxylic acid groups (broad SMARTS) is 1. The van der Waals surface area contributed by atoms with Crippen LogP contribution in [0.5, 0.6) is 5.75 Å². The Morgan fingerprint density at radius 2 is 1.56 bits per heavy atom. The second-order valence-corrected chi connectivity index (χ2v) is 8.59. The van der Waals surface area contributed by atoms with Crippen molar-refractivity contribution in [2.75, 3.05) is 0 Å². The maximum absolute atomic E-state index is 11.5. The molecule has 9 heteroatoms. The van der Waals surface area contributed by atoms with Gasteiger partial charge in [0.2, 0.25) is 12.2 Å². The van der Waals surface area contributed by atoms with Gasteiger partial charge in [0.15, 0.2) is 6.10 Å². The van der Waals surface area contributed by atoms with Crippen LogP contribution in [0.1, 0.15) is 12.0 Å². The van der Waals surface area contributed by atoms with Crippen LogP contribution in [0.4, 0.5) is 0 Å². The highest BCUT2D eigenvalue weighted by molar-refractivity contribution is 5.77. The Labute approximate surface area is 207 Å². The van der Waals surface area contributed by atoms with Crippen molar-refractivity contribution in [1.82, 2.24) is 0 Å². The topological polar surface area (TPSA) is 160 Å². The molecule has 1 amide bonds.